The van der Waals surface area contributed by atoms with E-state index in [0.717, 1.165) is 14.6 Å². The van der Waals surface area contributed by atoms with E-state index < -0.39 is 15.3 Å². The molecule has 3 rings (SSSR count). The third-order valence-electron chi connectivity index (χ3n) is 3.39. The number of hydrogen-bond donors (Lipinski definition) is 1. The molecule has 1 amide bonds. The Morgan fingerprint density at radius 2 is 2.24 bits per heavy atom. The maximum absolute atomic E-state index is 12.0. The Balaban J connectivity index is 1.95. The van der Waals surface area contributed by atoms with Crippen molar-refractivity contribution >= 4 is 54.9 Å². The SMILES string of the molecule is CSc1nc2ccc(N3CC(S(N)(=O)=O)CC3=O)cc2s1. The van der Waals surface area contributed by atoms with Crippen molar-refractivity contribution in [1.82, 2.24) is 4.98 Å². The molecule has 0 saturated carbocycles. The Bertz CT molecular complexity index is 816. The Hall–Kier alpha value is -1.16. The van der Waals surface area contributed by atoms with E-state index in [1.54, 1.807) is 29.2 Å². The highest BCUT2D eigenvalue weighted by molar-refractivity contribution is 8.00. The molecular weight excluding hydrogens is 330 g/mol. The first-order chi connectivity index (χ1) is 9.88. The second-order valence-corrected chi connectivity index (χ2v) is 8.68. The van der Waals surface area contributed by atoms with Gasteiger partial charge < -0.3 is 4.90 Å². The smallest absolute Gasteiger partial charge is 0.228 e. The van der Waals surface area contributed by atoms with E-state index in [4.69, 9.17) is 5.14 Å². The van der Waals surface area contributed by atoms with Gasteiger partial charge in [-0.3, -0.25) is 4.79 Å². The largest absolute Gasteiger partial charge is 0.311 e. The van der Waals surface area contributed by atoms with Crippen LogP contribution in [0.2, 0.25) is 0 Å². The van der Waals surface area contributed by atoms with Gasteiger partial charge in [0.15, 0.2) is 4.34 Å². The van der Waals surface area contributed by atoms with Crippen molar-refractivity contribution in [1.29, 1.82) is 0 Å². The van der Waals surface area contributed by atoms with Gasteiger partial charge in [-0.25, -0.2) is 18.5 Å². The quantitative estimate of drug-likeness (QED) is 0.851. The average Bonchev–Trinajstić information content (AvgIpc) is 3.00. The van der Waals surface area contributed by atoms with Crippen LogP contribution in [-0.4, -0.2) is 37.4 Å². The molecule has 2 aromatic rings. The number of rotatable bonds is 3. The van der Waals surface area contributed by atoms with Crippen molar-refractivity contribution in [2.24, 2.45) is 5.14 Å². The van der Waals surface area contributed by atoms with E-state index in [-0.39, 0.29) is 18.9 Å². The van der Waals surface area contributed by atoms with Crippen LogP contribution >= 0.6 is 23.1 Å². The van der Waals surface area contributed by atoms with Gasteiger partial charge in [0.1, 0.15) is 5.25 Å². The molecule has 1 aromatic heterocycles. The molecule has 1 aromatic carbocycles. The van der Waals surface area contributed by atoms with Gasteiger partial charge in [-0.1, -0.05) is 11.8 Å². The third kappa shape index (κ3) is 2.78. The van der Waals surface area contributed by atoms with Crippen molar-refractivity contribution < 1.29 is 13.2 Å². The lowest BCUT2D eigenvalue weighted by Gasteiger charge is -2.16. The summed E-state index contributed by atoms with van der Waals surface area (Å²) < 4.78 is 24.7. The Morgan fingerprint density at radius 3 is 2.86 bits per heavy atom. The minimum Gasteiger partial charge on any atom is -0.311 e. The van der Waals surface area contributed by atoms with Crippen LogP contribution in [0.15, 0.2) is 22.5 Å². The van der Waals surface area contributed by atoms with Gasteiger partial charge in [-0.15, -0.1) is 11.3 Å². The lowest BCUT2D eigenvalue weighted by molar-refractivity contribution is -0.117. The van der Waals surface area contributed by atoms with Crippen LogP contribution in [0, 0.1) is 0 Å². The number of nitrogens with zero attached hydrogens (tertiary/aromatic N) is 2. The van der Waals surface area contributed by atoms with Crippen LogP contribution in [0.4, 0.5) is 5.69 Å². The van der Waals surface area contributed by atoms with Crippen molar-refractivity contribution in [3.63, 3.8) is 0 Å². The van der Waals surface area contributed by atoms with Crippen LogP contribution < -0.4 is 10.0 Å². The summed E-state index contributed by atoms with van der Waals surface area (Å²) in [6, 6.07) is 5.50. The first-order valence-electron chi connectivity index (χ1n) is 6.15. The standard InChI is InChI=1S/C12H13N3O3S3/c1-19-12-14-9-3-2-7(4-10(9)20-12)15-6-8(5-11(15)16)21(13,17)18/h2-4,8H,5-6H2,1H3,(H2,13,17,18). The number of carbonyl (C=O) groups is 1. The lowest BCUT2D eigenvalue weighted by Crippen LogP contribution is -2.32. The third-order valence-corrected chi connectivity index (χ3v) is 6.64. The fourth-order valence-electron chi connectivity index (χ4n) is 2.29. The molecule has 0 radical (unpaired) electrons. The number of thioether (sulfide) groups is 1. The minimum atomic E-state index is -3.69. The van der Waals surface area contributed by atoms with Gasteiger partial charge in [-0.2, -0.15) is 0 Å². The zero-order chi connectivity index (χ0) is 15.2. The molecule has 2 heterocycles. The molecule has 1 fully saturated rings. The molecule has 0 spiro atoms. The van der Waals surface area contributed by atoms with Gasteiger partial charge in [-0.05, 0) is 24.5 Å². The second kappa shape index (κ2) is 5.24. The number of thiazole rings is 1. The summed E-state index contributed by atoms with van der Waals surface area (Å²) in [4.78, 5) is 17.9. The van der Waals surface area contributed by atoms with Gasteiger partial charge in [0.2, 0.25) is 15.9 Å². The normalized spacial score (nSPS) is 19.6. The zero-order valence-electron chi connectivity index (χ0n) is 11.1. The summed E-state index contributed by atoms with van der Waals surface area (Å²) in [5.74, 6) is -0.219. The number of aromatic nitrogens is 1. The van der Waals surface area contributed by atoms with E-state index in [1.807, 2.05) is 18.4 Å². The highest BCUT2D eigenvalue weighted by Crippen LogP contribution is 2.32. The summed E-state index contributed by atoms with van der Waals surface area (Å²) in [7, 11) is -3.69. The number of amides is 1. The first-order valence-corrected chi connectivity index (χ1v) is 9.80. The number of primary sulfonamides is 1. The molecule has 1 aliphatic rings. The number of carbonyl (C=O) groups excluding carboxylic acids is 1. The maximum atomic E-state index is 12.0. The summed E-state index contributed by atoms with van der Waals surface area (Å²) >= 11 is 3.12. The molecule has 9 heteroatoms. The Kier molecular flexibility index (Phi) is 3.68. The van der Waals surface area contributed by atoms with E-state index >= 15 is 0 Å². The molecule has 21 heavy (non-hydrogen) atoms. The Morgan fingerprint density at radius 1 is 1.48 bits per heavy atom. The van der Waals surface area contributed by atoms with Gasteiger partial charge in [0.25, 0.3) is 0 Å². The molecule has 2 N–H and O–H groups in total. The molecule has 1 saturated heterocycles. The fourth-order valence-corrected chi connectivity index (χ4v) is 4.55. The second-order valence-electron chi connectivity index (χ2n) is 4.76. The van der Waals surface area contributed by atoms with Crippen LogP contribution in [-0.2, 0) is 14.8 Å². The molecule has 0 aliphatic carbocycles. The van der Waals surface area contributed by atoms with Crippen LogP contribution in [0.5, 0.6) is 0 Å². The summed E-state index contributed by atoms with van der Waals surface area (Å²) in [5, 5.41) is 4.31. The number of benzene rings is 1. The first kappa shape index (κ1) is 14.8. The Labute approximate surface area is 130 Å². The van der Waals surface area contributed by atoms with Crippen molar-refractivity contribution in [3.8, 4) is 0 Å². The number of sulfonamides is 1. The van der Waals surface area contributed by atoms with E-state index in [1.165, 1.54) is 4.90 Å². The molecule has 6 nitrogen and oxygen atoms in total. The topological polar surface area (TPSA) is 93.4 Å². The number of nitrogens with two attached hydrogens (primary N) is 1. The number of hydrogen-bond acceptors (Lipinski definition) is 6. The monoisotopic (exact) mass is 343 g/mol. The van der Waals surface area contributed by atoms with Gasteiger partial charge >= 0.3 is 0 Å². The predicted molar refractivity (Wildman–Crippen MR) is 85.3 cm³/mol. The van der Waals surface area contributed by atoms with E-state index in [9.17, 15) is 13.2 Å². The number of anilines is 1. The number of fused-ring (bicyclic) bond motifs is 1. The predicted octanol–water partition coefficient (Wildman–Crippen LogP) is 1.41. The van der Waals surface area contributed by atoms with E-state index in [0.29, 0.717) is 5.69 Å². The van der Waals surface area contributed by atoms with Crippen LogP contribution in [0.3, 0.4) is 0 Å². The molecule has 112 valence electrons. The van der Waals surface area contributed by atoms with Crippen molar-refractivity contribution in [2.45, 2.75) is 16.0 Å². The van der Waals surface area contributed by atoms with Gasteiger partial charge in [0, 0.05) is 18.7 Å². The fraction of sp³-hybridized carbons (Fsp3) is 0.333. The molecule has 1 unspecified atom stereocenters. The van der Waals surface area contributed by atoms with Gasteiger partial charge in [0.05, 0.1) is 10.2 Å². The van der Waals surface area contributed by atoms with Crippen molar-refractivity contribution in [2.75, 3.05) is 17.7 Å². The lowest BCUT2D eigenvalue weighted by atomic mass is 10.3. The van der Waals surface area contributed by atoms with Crippen molar-refractivity contribution in [3.05, 3.63) is 18.2 Å². The molecule has 1 aliphatic heterocycles. The molecule has 1 atom stereocenters. The highest BCUT2D eigenvalue weighted by atomic mass is 32.2. The zero-order valence-corrected chi connectivity index (χ0v) is 13.6. The molecule has 0 bridgehead atoms. The summed E-state index contributed by atoms with van der Waals surface area (Å²) in [6.07, 6.45) is 1.90. The summed E-state index contributed by atoms with van der Waals surface area (Å²) in [6.45, 7) is 0.108. The highest BCUT2D eigenvalue weighted by Gasteiger charge is 2.37. The maximum Gasteiger partial charge on any atom is 0.228 e. The van der Waals surface area contributed by atoms with E-state index in [2.05, 4.69) is 4.98 Å². The van der Waals surface area contributed by atoms with Crippen LogP contribution in [0.1, 0.15) is 6.42 Å². The molecular formula is C12H13N3O3S3. The van der Waals surface area contributed by atoms with Crippen LogP contribution in [0.25, 0.3) is 10.2 Å². The minimum absolute atomic E-state index is 0.0599. The average molecular weight is 343 g/mol. The summed E-state index contributed by atoms with van der Waals surface area (Å²) in [5.41, 5.74) is 1.57.